The molecule has 4 rings (SSSR count). The van der Waals surface area contributed by atoms with Gasteiger partial charge in [0.05, 0.1) is 5.92 Å². The number of rotatable bonds is 6. The lowest BCUT2D eigenvalue weighted by atomic mass is 9.98. The molecule has 1 aliphatic heterocycles. The van der Waals surface area contributed by atoms with E-state index in [4.69, 9.17) is 4.52 Å². The molecule has 1 unspecified atom stereocenters. The highest BCUT2D eigenvalue weighted by Crippen LogP contribution is 2.30. The molecule has 0 saturated carbocycles. The lowest BCUT2D eigenvalue weighted by Crippen LogP contribution is -2.43. The van der Waals surface area contributed by atoms with Crippen LogP contribution in [0.5, 0.6) is 0 Å². The average Bonchev–Trinajstić information content (AvgIpc) is 3.22. The molecular weight excluding hydrogens is 476 g/mol. The molecule has 184 valence electrons. The lowest BCUT2D eigenvalue weighted by molar-refractivity contribution is -0.120. The van der Waals surface area contributed by atoms with E-state index in [1.807, 2.05) is 31.2 Å². The number of anilines is 1. The summed E-state index contributed by atoms with van der Waals surface area (Å²) in [5, 5.41) is 6.39. The predicted octanol–water partition coefficient (Wildman–Crippen LogP) is 4.78. The largest absolute Gasteiger partial charge is 0.355 e. The molecule has 2 aromatic carbocycles. The zero-order chi connectivity index (χ0) is 25.2. The number of sulfonamides is 1. The zero-order valence-corrected chi connectivity index (χ0v) is 20.1. The first-order valence-electron chi connectivity index (χ1n) is 11.1. The van der Waals surface area contributed by atoms with Gasteiger partial charge < -0.3 is 9.84 Å². The number of hydrogen-bond donors (Lipinski definition) is 1. The number of amides is 1. The Balaban J connectivity index is 1.52. The van der Waals surface area contributed by atoms with Crippen LogP contribution in [0, 0.1) is 31.4 Å². The number of aryl methyl sites for hydroxylation is 2. The maximum atomic E-state index is 13.5. The van der Waals surface area contributed by atoms with Gasteiger partial charge in [0.15, 0.2) is 22.3 Å². The van der Waals surface area contributed by atoms with E-state index in [9.17, 15) is 22.0 Å². The number of carbonyl (C=O) groups is 1. The van der Waals surface area contributed by atoms with Crippen molar-refractivity contribution in [3.63, 3.8) is 0 Å². The Bertz CT molecular complexity index is 1370. The molecule has 1 aliphatic rings. The molecule has 35 heavy (non-hydrogen) atoms. The van der Waals surface area contributed by atoms with E-state index in [1.165, 1.54) is 10.4 Å². The van der Waals surface area contributed by atoms with Crippen LogP contribution in [0.4, 0.5) is 14.5 Å². The molecule has 3 aromatic rings. The van der Waals surface area contributed by atoms with E-state index < -0.39 is 33.5 Å². The van der Waals surface area contributed by atoms with Crippen LogP contribution in [0.15, 0.2) is 51.9 Å². The van der Waals surface area contributed by atoms with Gasteiger partial charge in [-0.2, -0.15) is 4.31 Å². The van der Waals surface area contributed by atoms with Gasteiger partial charge in [-0.05, 0) is 50.5 Å². The molecule has 0 bridgehead atoms. The van der Waals surface area contributed by atoms with E-state index >= 15 is 0 Å². The quantitative estimate of drug-likeness (QED) is 0.525. The second-order valence-corrected chi connectivity index (χ2v) is 10.4. The molecule has 1 amide bonds. The standard InChI is InChI=1S/C25H25F2N3O4S/c1-16-5-7-18(8-6-16)9-12-23-24(17(2)29-34-23)35(32,33)30-13-3-4-19(15-30)25(31)28-20-10-11-21(26)22(27)14-20/h5-12,14,19H,3-4,13,15H2,1-2H3,(H,28,31)/b12-9+. The molecule has 1 N–H and O–H groups in total. The van der Waals surface area contributed by atoms with Crippen LogP contribution in [0.1, 0.15) is 35.4 Å². The smallest absolute Gasteiger partial charge is 0.248 e. The number of piperidine rings is 1. The summed E-state index contributed by atoms with van der Waals surface area (Å²) in [7, 11) is -4.01. The van der Waals surface area contributed by atoms with Crippen molar-refractivity contribution in [1.29, 1.82) is 0 Å². The number of nitrogens with zero attached hydrogens (tertiary/aromatic N) is 2. The molecule has 0 spiro atoms. The van der Waals surface area contributed by atoms with Gasteiger partial charge in [0.2, 0.25) is 15.9 Å². The van der Waals surface area contributed by atoms with Gasteiger partial charge in [0.25, 0.3) is 0 Å². The van der Waals surface area contributed by atoms with Gasteiger partial charge in [-0.1, -0.05) is 41.1 Å². The first kappa shape index (κ1) is 24.7. The van der Waals surface area contributed by atoms with Crippen molar-refractivity contribution in [3.05, 3.63) is 76.7 Å². The summed E-state index contributed by atoms with van der Waals surface area (Å²) in [6.45, 7) is 3.71. The van der Waals surface area contributed by atoms with Crippen molar-refractivity contribution in [2.24, 2.45) is 5.92 Å². The van der Waals surface area contributed by atoms with Gasteiger partial charge in [-0.15, -0.1) is 0 Å². The first-order valence-corrected chi connectivity index (χ1v) is 12.6. The topological polar surface area (TPSA) is 92.5 Å². The Labute approximate surface area is 202 Å². The monoisotopic (exact) mass is 501 g/mol. The normalized spacial score (nSPS) is 17.1. The van der Waals surface area contributed by atoms with Crippen molar-refractivity contribution >= 4 is 33.8 Å². The summed E-state index contributed by atoms with van der Waals surface area (Å²) < 4.78 is 60.2. The van der Waals surface area contributed by atoms with E-state index in [2.05, 4.69) is 10.5 Å². The minimum absolute atomic E-state index is 0.0393. The van der Waals surface area contributed by atoms with Crippen molar-refractivity contribution in [1.82, 2.24) is 9.46 Å². The molecule has 0 radical (unpaired) electrons. The van der Waals surface area contributed by atoms with Crippen molar-refractivity contribution in [2.45, 2.75) is 31.6 Å². The first-order chi connectivity index (χ1) is 16.6. The molecule has 10 heteroatoms. The fourth-order valence-corrected chi connectivity index (χ4v) is 5.74. The minimum Gasteiger partial charge on any atom is -0.355 e. The van der Waals surface area contributed by atoms with Crippen LogP contribution in [-0.4, -0.2) is 36.9 Å². The van der Waals surface area contributed by atoms with Crippen LogP contribution in [0.2, 0.25) is 0 Å². The molecule has 7 nitrogen and oxygen atoms in total. The van der Waals surface area contributed by atoms with Gasteiger partial charge >= 0.3 is 0 Å². The zero-order valence-electron chi connectivity index (χ0n) is 19.3. The predicted molar refractivity (Wildman–Crippen MR) is 128 cm³/mol. The number of aromatic nitrogens is 1. The van der Waals surface area contributed by atoms with Crippen LogP contribution < -0.4 is 5.32 Å². The Morgan fingerprint density at radius 3 is 2.57 bits per heavy atom. The number of hydrogen-bond acceptors (Lipinski definition) is 5. The molecular formula is C25H25F2N3O4S. The summed E-state index contributed by atoms with van der Waals surface area (Å²) in [6, 6.07) is 10.8. The molecule has 1 saturated heterocycles. The third-order valence-electron chi connectivity index (χ3n) is 5.88. The van der Waals surface area contributed by atoms with Crippen LogP contribution in [0.3, 0.4) is 0 Å². The number of nitrogens with one attached hydrogen (secondary N) is 1. The Morgan fingerprint density at radius 1 is 1.11 bits per heavy atom. The number of benzene rings is 2. The molecule has 1 fully saturated rings. The minimum atomic E-state index is -4.01. The van der Waals surface area contributed by atoms with Gasteiger partial charge in [0, 0.05) is 24.8 Å². The summed E-state index contributed by atoms with van der Waals surface area (Å²) in [4.78, 5) is 12.7. The fraction of sp³-hybridized carbons (Fsp3) is 0.280. The van der Waals surface area contributed by atoms with Crippen molar-refractivity contribution in [3.8, 4) is 0 Å². The molecule has 2 heterocycles. The Kier molecular flexibility index (Phi) is 7.13. The van der Waals surface area contributed by atoms with Gasteiger partial charge in [-0.25, -0.2) is 17.2 Å². The van der Waals surface area contributed by atoms with Crippen LogP contribution >= 0.6 is 0 Å². The summed E-state index contributed by atoms with van der Waals surface area (Å²) >= 11 is 0. The maximum absolute atomic E-state index is 13.5. The second kappa shape index (κ2) is 10.1. The fourth-order valence-electron chi connectivity index (χ4n) is 3.97. The second-order valence-electron chi connectivity index (χ2n) is 8.53. The van der Waals surface area contributed by atoms with Gasteiger partial charge in [-0.3, -0.25) is 4.79 Å². The lowest BCUT2D eigenvalue weighted by Gasteiger charge is -2.31. The number of halogens is 2. The highest BCUT2D eigenvalue weighted by Gasteiger charge is 2.37. The third-order valence-corrected chi connectivity index (χ3v) is 7.90. The highest BCUT2D eigenvalue weighted by molar-refractivity contribution is 7.89. The van der Waals surface area contributed by atoms with Crippen molar-refractivity contribution in [2.75, 3.05) is 18.4 Å². The molecule has 1 aromatic heterocycles. The third kappa shape index (κ3) is 5.49. The summed E-state index contributed by atoms with van der Waals surface area (Å²) in [5.41, 5.74) is 2.31. The SMILES string of the molecule is Cc1ccc(/C=C/c2onc(C)c2S(=O)(=O)N2CCCC(C(=O)Nc3ccc(F)c(F)c3)C2)cc1. The number of carbonyl (C=O) groups excluding carboxylic acids is 1. The Morgan fingerprint density at radius 2 is 1.86 bits per heavy atom. The van der Waals surface area contributed by atoms with Gasteiger partial charge in [0.1, 0.15) is 5.69 Å². The van der Waals surface area contributed by atoms with Crippen molar-refractivity contribution < 1.29 is 26.5 Å². The van der Waals surface area contributed by atoms with E-state index in [0.29, 0.717) is 12.8 Å². The van der Waals surface area contributed by atoms with E-state index in [-0.39, 0.29) is 35.1 Å². The van der Waals surface area contributed by atoms with Crippen LogP contribution in [-0.2, 0) is 14.8 Å². The summed E-state index contributed by atoms with van der Waals surface area (Å²) in [5.74, 6) is -3.11. The molecule has 1 atom stereocenters. The average molecular weight is 502 g/mol. The molecule has 0 aliphatic carbocycles. The van der Waals surface area contributed by atoms with E-state index in [0.717, 1.165) is 23.3 Å². The summed E-state index contributed by atoms with van der Waals surface area (Å²) in [6.07, 6.45) is 4.24. The maximum Gasteiger partial charge on any atom is 0.248 e. The Hall–Kier alpha value is -3.37. The van der Waals surface area contributed by atoms with Crippen LogP contribution in [0.25, 0.3) is 12.2 Å². The van der Waals surface area contributed by atoms with E-state index in [1.54, 1.807) is 19.1 Å². The highest BCUT2D eigenvalue weighted by atomic mass is 32.2.